The van der Waals surface area contributed by atoms with E-state index in [2.05, 4.69) is 11.1 Å². The Morgan fingerprint density at radius 1 is 1.00 bits per heavy atom. The second kappa shape index (κ2) is 8.15. The lowest BCUT2D eigenvalue weighted by Gasteiger charge is -2.00. The molecule has 0 aliphatic carbocycles. The Kier molecular flexibility index (Phi) is 5.08. The molecule has 5 nitrogen and oxygen atoms in total. The summed E-state index contributed by atoms with van der Waals surface area (Å²) < 4.78 is 1.79. The van der Waals surface area contributed by atoms with Gasteiger partial charge in [-0.15, -0.1) is 0 Å². The molecule has 0 fully saturated rings. The molecule has 0 amide bonds. The van der Waals surface area contributed by atoms with Gasteiger partial charge < -0.3 is 0 Å². The van der Waals surface area contributed by atoms with E-state index in [1.54, 1.807) is 47.4 Å². The van der Waals surface area contributed by atoms with Gasteiger partial charge in [-0.3, -0.25) is 9.78 Å². The van der Waals surface area contributed by atoms with Crippen molar-refractivity contribution in [3.05, 3.63) is 108 Å². The zero-order chi connectivity index (χ0) is 20.1. The lowest BCUT2D eigenvalue weighted by Crippen LogP contribution is -1.94. The first-order valence-electron chi connectivity index (χ1n) is 9.02. The lowest BCUT2D eigenvalue weighted by molar-refractivity contribution is 0.104. The maximum atomic E-state index is 12.6. The smallest absolute Gasteiger partial charge is 0.185 e. The number of aromatic nitrogens is 3. The lowest BCUT2D eigenvalue weighted by atomic mass is 10.1. The van der Waals surface area contributed by atoms with Crippen LogP contribution in [-0.2, 0) is 0 Å². The van der Waals surface area contributed by atoms with Crippen molar-refractivity contribution in [3.8, 4) is 23.0 Å². The summed E-state index contributed by atoms with van der Waals surface area (Å²) in [4.78, 5) is 16.6. The summed E-state index contributed by atoms with van der Waals surface area (Å²) in [6.07, 6.45) is 8.57. The Labute approximate surface area is 168 Å². The fourth-order valence-corrected chi connectivity index (χ4v) is 2.96. The van der Waals surface area contributed by atoms with E-state index in [9.17, 15) is 4.79 Å². The molecular weight excluding hydrogens is 360 g/mol. The number of para-hydroxylation sites is 1. The van der Waals surface area contributed by atoms with Crippen LogP contribution in [0.25, 0.3) is 23.0 Å². The third-order valence-electron chi connectivity index (χ3n) is 4.41. The molecule has 0 N–H and O–H groups in total. The van der Waals surface area contributed by atoms with Gasteiger partial charge in [-0.25, -0.2) is 4.68 Å². The molecule has 0 radical (unpaired) electrons. The number of pyridine rings is 1. The van der Waals surface area contributed by atoms with Gasteiger partial charge in [-0.05, 0) is 48.6 Å². The fourth-order valence-electron chi connectivity index (χ4n) is 2.96. The van der Waals surface area contributed by atoms with Crippen molar-refractivity contribution in [2.24, 2.45) is 0 Å². The molecule has 2 heterocycles. The Hall–Kier alpha value is -4.30. The highest BCUT2D eigenvalue weighted by Gasteiger charge is 2.11. The molecule has 0 bridgehead atoms. The monoisotopic (exact) mass is 376 g/mol. The SMILES string of the molecule is N#Cc1cccc(C(=O)/C=C/c2cn(-c3ccccc3)nc2-c2ccncc2)c1. The van der Waals surface area contributed by atoms with E-state index in [1.807, 2.05) is 48.7 Å². The molecule has 2 aromatic carbocycles. The van der Waals surface area contributed by atoms with Crippen molar-refractivity contribution in [2.45, 2.75) is 0 Å². The molecule has 0 saturated carbocycles. The number of hydrogen-bond acceptors (Lipinski definition) is 4. The summed E-state index contributed by atoms with van der Waals surface area (Å²) >= 11 is 0. The first-order valence-corrected chi connectivity index (χ1v) is 9.02. The average Bonchev–Trinajstić information content (AvgIpc) is 3.23. The average molecular weight is 376 g/mol. The number of nitriles is 1. The molecule has 0 atom stereocenters. The van der Waals surface area contributed by atoms with E-state index < -0.39 is 0 Å². The highest BCUT2D eigenvalue weighted by molar-refractivity contribution is 6.07. The van der Waals surface area contributed by atoms with Crippen LogP contribution < -0.4 is 0 Å². The predicted molar refractivity (Wildman–Crippen MR) is 111 cm³/mol. The molecule has 0 aliphatic rings. The molecule has 2 aromatic heterocycles. The summed E-state index contributed by atoms with van der Waals surface area (Å²) in [6, 6.07) is 22.3. The Morgan fingerprint density at radius 3 is 2.55 bits per heavy atom. The van der Waals surface area contributed by atoms with Crippen LogP contribution in [0.4, 0.5) is 0 Å². The van der Waals surface area contributed by atoms with E-state index >= 15 is 0 Å². The molecule has 138 valence electrons. The molecular formula is C24H16N4O. The summed E-state index contributed by atoms with van der Waals surface area (Å²) in [5.41, 5.74) is 4.33. The van der Waals surface area contributed by atoms with Crippen molar-refractivity contribution in [1.29, 1.82) is 5.26 Å². The third kappa shape index (κ3) is 4.02. The normalized spacial score (nSPS) is 10.7. The summed E-state index contributed by atoms with van der Waals surface area (Å²) in [6.45, 7) is 0. The summed E-state index contributed by atoms with van der Waals surface area (Å²) in [5, 5.41) is 13.7. The van der Waals surface area contributed by atoms with E-state index in [-0.39, 0.29) is 5.78 Å². The maximum Gasteiger partial charge on any atom is 0.185 e. The largest absolute Gasteiger partial charge is 0.289 e. The van der Waals surface area contributed by atoms with Crippen LogP contribution in [0.15, 0.2) is 91.4 Å². The topological polar surface area (TPSA) is 71.6 Å². The second-order valence-corrected chi connectivity index (χ2v) is 6.34. The minimum atomic E-state index is -0.171. The van der Waals surface area contributed by atoms with Gasteiger partial charge >= 0.3 is 0 Å². The molecule has 5 heteroatoms. The number of nitrogens with zero attached hydrogens (tertiary/aromatic N) is 4. The fraction of sp³-hybridized carbons (Fsp3) is 0. The van der Waals surface area contributed by atoms with E-state index in [0.29, 0.717) is 11.1 Å². The highest BCUT2D eigenvalue weighted by Crippen LogP contribution is 2.24. The van der Waals surface area contributed by atoms with Crippen LogP contribution in [0.3, 0.4) is 0 Å². The quantitative estimate of drug-likeness (QED) is 0.374. The number of carbonyl (C=O) groups is 1. The number of benzene rings is 2. The molecule has 4 rings (SSSR count). The van der Waals surface area contributed by atoms with Gasteiger partial charge in [-0.2, -0.15) is 10.4 Å². The van der Waals surface area contributed by atoms with Gasteiger partial charge in [-0.1, -0.05) is 30.3 Å². The first-order chi connectivity index (χ1) is 14.2. The summed E-state index contributed by atoms with van der Waals surface area (Å²) in [7, 11) is 0. The van der Waals surface area contributed by atoms with Gasteiger partial charge in [0.25, 0.3) is 0 Å². The van der Waals surface area contributed by atoms with E-state index in [1.165, 1.54) is 6.08 Å². The minimum Gasteiger partial charge on any atom is -0.289 e. The Bertz CT molecular complexity index is 1220. The Balaban J connectivity index is 1.72. The zero-order valence-corrected chi connectivity index (χ0v) is 15.4. The summed E-state index contributed by atoms with van der Waals surface area (Å²) in [5.74, 6) is -0.171. The van der Waals surface area contributed by atoms with Gasteiger partial charge in [0.15, 0.2) is 5.78 Å². The van der Waals surface area contributed by atoms with Crippen LogP contribution in [0.2, 0.25) is 0 Å². The minimum absolute atomic E-state index is 0.171. The molecule has 0 unspecified atom stereocenters. The molecule has 0 aliphatic heterocycles. The van der Waals surface area contributed by atoms with Gasteiger partial charge in [0.1, 0.15) is 5.69 Å². The van der Waals surface area contributed by atoms with Crippen molar-refractivity contribution in [1.82, 2.24) is 14.8 Å². The number of allylic oxidation sites excluding steroid dienone is 1. The van der Waals surface area contributed by atoms with Crippen LogP contribution in [0.5, 0.6) is 0 Å². The van der Waals surface area contributed by atoms with E-state index in [4.69, 9.17) is 10.4 Å². The highest BCUT2D eigenvalue weighted by atomic mass is 16.1. The standard InChI is InChI=1S/C24H16N4O/c25-16-18-5-4-6-20(15-18)23(29)10-9-21-17-28(22-7-2-1-3-8-22)27-24(21)19-11-13-26-14-12-19/h1-15,17H/b10-9+. The molecule has 0 spiro atoms. The van der Waals surface area contributed by atoms with Crippen molar-refractivity contribution >= 4 is 11.9 Å². The van der Waals surface area contributed by atoms with Crippen molar-refractivity contribution < 1.29 is 4.79 Å². The molecule has 29 heavy (non-hydrogen) atoms. The van der Waals surface area contributed by atoms with Gasteiger partial charge in [0.05, 0.1) is 17.3 Å². The third-order valence-corrected chi connectivity index (χ3v) is 4.41. The van der Waals surface area contributed by atoms with Crippen LogP contribution >= 0.6 is 0 Å². The number of rotatable bonds is 5. The number of carbonyl (C=O) groups excluding carboxylic acids is 1. The molecule has 0 saturated heterocycles. The van der Waals surface area contributed by atoms with Crippen molar-refractivity contribution in [2.75, 3.05) is 0 Å². The predicted octanol–water partition coefficient (Wildman–Crippen LogP) is 4.70. The van der Waals surface area contributed by atoms with Crippen molar-refractivity contribution in [3.63, 3.8) is 0 Å². The molecule has 4 aromatic rings. The first kappa shape index (κ1) is 18.1. The van der Waals surface area contributed by atoms with Crippen LogP contribution in [0.1, 0.15) is 21.5 Å². The van der Waals surface area contributed by atoms with Gasteiger partial charge in [0.2, 0.25) is 0 Å². The van der Waals surface area contributed by atoms with Gasteiger partial charge in [0, 0.05) is 35.3 Å². The zero-order valence-electron chi connectivity index (χ0n) is 15.4. The number of hydrogen-bond donors (Lipinski definition) is 0. The second-order valence-electron chi connectivity index (χ2n) is 6.34. The van der Waals surface area contributed by atoms with Crippen LogP contribution in [-0.4, -0.2) is 20.5 Å². The number of ketones is 1. The maximum absolute atomic E-state index is 12.6. The van der Waals surface area contributed by atoms with E-state index in [0.717, 1.165) is 22.5 Å². The van der Waals surface area contributed by atoms with Crippen LogP contribution in [0, 0.1) is 11.3 Å². The Morgan fingerprint density at radius 2 is 1.79 bits per heavy atom.